The summed E-state index contributed by atoms with van der Waals surface area (Å²) in [5.41, 5.74) is 0.508. The molecule has 0 saturated carbocycles. The number of nitrogens with zero attached hydrogens (tertiary/aromatic N) is 2. The molecule has 0 spiro atoms. The van der Waals surface area contributed by atoms with Gasteiger partial charge in [-0.3, -0.25) is 4.31 Å². The number of benzene rings is 1. The minimum atomic E-state index is -3.44. The van der Waals surface area contributed by atoms with Crippen LogP contribution in [-0.2, 0) is 10.0 Å². The zero-order chi connectivity index (χ0) is 13.9. The van der Waals surface area contributed by atoms with Crippen LogP contribution in [-0.4, -0.2) is 38.7 Å². The number of rotatable bonds is 5. The average Bonchev–Trinajstić information content (AvgIpc) is 2.36. The summed E-state index contributed by atoms with van der Waals surface area (Å²) in [5, 5.41) is 3.23. The highest BCUT2D eigenvalue weighted by Crippen LogP contribution is 2.29. The molecule has 0 unspecified atom stereocenters. The second kappa shape index (κ2) is 5.71. The van der Waals surface area contributed by atoms with Crippen LogP contribution in [0.1, 0.15) is 13.8 Å². The first-order valence-electron chi connectivity index (χ1n) is 6.37. The summed E-state index contributed by atoms with van der Waals surface area (Å²) >= 11 is 0. The van der Waals surface area contributed by atoms with Crippen LogP contribution in [0.15, 0.2) is 34.2 Å². The van der Waals surface area contributed by atoms with Crippen LogP contribution in [0.2, 0.25) is 0 Å². The van der Waals surface area contributed by atoms with Crippen molar-refractivity contribution >= 4 is 22.0 Å². The van der Waals surface area contributed by atoms with Crippen molar-refractivity contribution in [3.05, 3.63) is 24.3 Å². The standard InChI is InChI=1S/C13H19N3O2S/c1-11(2)9-14-7-8-16-10-15-12-5-3-4-6-13(12)19(16,17)18/h3-6,10-11,14H,7-9H2,1-2H3. The third-order valence-electron chi connectivity index (χ3n) is 2.84. The van der Waals surface area contributed by atoms with E-state index in [2.05, 4.69) is 24.2 Å². The predicted molar refractivity (Wildman–Crippen MR) is 76.2 cm³/mol. The summed E-state index contributed by atoms with van der Waals surface area (Å²) in [5.74, 6) is 0.548. The molecule has 1 N–H and O–H groups in total. The Bertz CT molecular complexity index is 567. The number of para-hydroxylation sites is 1. The summed E-state index contributed by atoms with van der Waals surface area (Å²) in [4.78, 5) is 4.46. The maximum absolute atomic E-state index is 12.3. The van der Waals surface area contributed by atoms with Crippen molar-refractivity contribution in [3.8, 4) is 0 Å². The lowest BCUT2D eigenvalue weighted by Gasteiger charge is -2.24. The summed E-state index contributed by atoms with van der Waals surface area (Å²) in [7, 11) is -3.44. The number of hydrogen-bond acceptors (Lipinski definition) is 4. The minimum Gasteiger partial charge on any atom is -0.315 e. The molecule has 104 valence electrons. The molecule has 1 aromatic carbocycles. The molecule has 1 aliphatic heterocycles. The predicted octanol–water partition coefficient (Wildman–Crippen LogP) is 1.60. The SMILES string of the molecule is CC(C)CNCCN1C=Nc2ccccc2S1(=O)=O. The second-order valence-corrected chi connectivity index (χ2v) is 6.78. The third-order valence-corrected chi connectivity index (χ3v) is 4.63. The molecule has 1 aliphatic rings. The Morgan fingerprint density at radius 3 is 2.79 bits per heavy atom. The monoisotopic (exact) mass is 281 g/mol. The Hall–Kier alpha value is -1.40. The third kappa shape index (κ3) is 3.13. The van der Waals surface area contributed by atoms with Crippen LogP contribution in [0.25, 0.3) is 0 Å². The van der Waals surface area contributed by atoms with Gasteiger partial charge in [-0.1, -0.05) is 26.0 Å². The molecule has 6 heteroatoms. The number of nitrogens with one attached hydrogen (secondary N) is 1. The fourth-order valence-electron chi connectivity index (χ4n) is 1.85. The summed E-state index contributed by atoms with van der Waals surface area (Å²) in [6.07, 6.45) is 1.40. The number of fused-ring (bicyclic) bond motifs is 1. The van der Waals surface area contributed by atoms with Gasteiger partial charge in [-0.15, -0.1) is 0 Å². The van der Waals surface area contributed by atoms with Crippen LogP contribution >= 0.6 is 0 Å². The van der Waals surface area contributed by atoms with Crippen molar-refractivity contribution in [1.29, 1.82) is 0 Å². The lowest BCUT2D eigenvalue weighted by Crippen LogP contribution is -2.38. The largest absolute Gasteiger partial charge is 0.315 e. The summed E-state index contributed by atoms with van der Waals surface area (Å²) in [6.45, 7) is 6.12. The van der Waals surface area contributed by atoms with Gasteiger partial charge in [0.05, 0.1) is 5.69 Å². The van der Waals surface area contributed by atoms with Gasteiger partial charge in [0.25, 0.3) is 10.0 Å². The molecule has 0 radical (unpaired) electrons. The van der Waals surface area contributed by atoms with E-state index in [0.717, 1.165) is 6.54 Å². The van der Waals surface area contributed by atoms with E-state index >= 15 is 0 Å². The molecule has 0 amide bonds. The van der Waals surface area contributed by atoms with E-state index in [1.807, 2.05) is 0 Å². The quantitative estimate of drug-likeness (QED) is 0.834. The van der Waals surface area contributed by atoms with Gasteiger partial charge in [0, 0.05) is 13.1 Å². The maximum atomic E-state index is 12.3. The van der Waals surface area contributed by atoms with Gasteiger partial charge in [0.1, 0.15) is 11.2 Å². The van der Waals surface area contributed by atoms with E-state index in [1.54, 1.807) is 24.3 Å². The van der Waals surface area contributed by atoms with Crippen LogP contribution in [0.4, 0.5) is 5.69 Å². The van der Waals surface area contributed by atoms with Gasteiger partial charge in [-0.2, -0.15) is 0 Å². The molecule has 0 bridgehead atoms. The number of sulfonamides is 1. The van der Waals surface area contributed by atoms with Crippen molar-refractivity contribution in [2.24, 2.45) is 10.9 Å². The molecule has 2 rings (SSSR count). The Balaban J connectivity index is 2.05. The van der Waals surface area contributed by atoms with Gasteiger partial charge in [0.2, 0.25) is 0 Å². The Morgan fingerprint density at radius 1 is 1.32 bits per heavy atom. The van der Waals surface area contributed by atoms with Crippen LogP contribution in [0, 0.1) is 5.92 Å². The molecule has 1 heterocycles. The fraction of sp³-hybridized carbons (Fsp3) is 0.462. The van der Waals surface area contributed by atoms with E-state index in [4.69, 9.17) is 0 Å². The van der Waals surface area contributed by atoms with Gasteiger partial charge in [-0.25, -0.2) is 13.4 Å². The van der Waals surface area contributed by atoms with E-state index < -0.39 is 10.0 Å². The molecule has 0 aliphatic carbocycles. The van der Waals surface area contributed by atoms with E-state index in [9.17, 15) is 8.42 Å². The van der Waals surface area contributed by atoms with Crippen LogP contribution in [0.5, 0.6) is 0 Å². The van der Waals surface area contributed by atoms with Crippen molar-refractivity contribution in [1.82, 2.24) is 9.62 Å². The average molecular weight is 281 g/mol. The van der Waals surface area contributed by atoms with E-state index in [1.165, 1.54) is 10.6 Å². The van der Waals surface area contributed by atoms with Gasteiger partial charge in [0.15, 0.2) is 0 Å². The van der Waals surface area contributed by atoms with Gasteiger partial charge in [-0.05, 0) is 24.6 Å². The highest BCUT2D eigenvalue weighted by molar-refractivity contribution is 7.89. The van der Waals surface area contributed by atoms with Crippen molar-refractivity contribution in [2.45, 2.75) is 18.7 Å². The van der Waals surface area contributed by atoms with Crippen LogP contribution in [0.3, 0.4) is 0 Å². The Kier molecular flexibility index (Phi) is 4.21. The molecule has 0 fully saturated rings. The highest BCUT2D eigenvalue weighted by Gasteiger charge is 2.27. The lowest BCUT2D eigenvalue weighted by atomic mass is 10.2. The van der Waals surface area contributed by atoms with E-state index in [0.29, 0.717) is 24.7 Å². The minimum absolute atomic E-state index is 0.279. The van der Waals surface area contributed by atoms with Crippen molar-refractivity contribution in [3.63, 3.8) is 0 Å². The second-order valence-electron chi connectivity index (χ2n) is 4.93. The van der Waals surface area contributed by atoms with Gasteiger partial charge < -0.3 is 5.32 Å². The zero-order valence-electron chi connectivity index (χ0n) is 11.2. The van der Waals surface area contributed by atoms with Gasteiger partial charge >= 0.3 is 0 Å². The molecule has 5 nitrogen and oxygen atoms in total. The topological polar surface area (TPSA) is 61.8 Å². The zero-order valence-corrected chi connectivity index (χ0v) is 12.0. The lowest BCUT2D eigenvalue weighted by molar-refractivity contribution is 0.492. The smallest absolute Gasteiger partial charge is 0.267 e. The first-order chi connectivity index (χ1) is 9.01. The van der Waals surface area contributed by atoms with E-state index in [-0.39, 0.29) is 4.90 Å². The number of aliphatic imine (C=N–C) groups is 1. The Labute approximate surface area is 114 Å². The molecule has 1 aromatic rings. The normalized spacial score (nSPS) is 16.7. The van der Waals surface area contributed by atoms with Crippen LogP contribution < -0.4 is 5.32 Å². The molecule has 0 aromatic heterocycles. The summed E-state index contributed by atoms with van der Waals surface area (Å²) in [6, 6.07) is 6.80. The fourth-order valence-corrected chi connectivity index (χ4v) is 3.25. The summed E-state index contributed by atoms with van der Waals surface area (Å²) < 4.78 is 26.0. The number of hydrogen-bond donors (Lipinski definition) is 1. The maximum Gasteiger partial charge on any atom is 0.267 e. The molecule has 0 saturated heterocycles. The van der Waals surface area contributed by atoms with Crippen molar-refractivity contribution in [2.75, 3.05) is 19.6 Å². The molecular weight excluding hydrogens is 262 g/mol. The first kappa shape index (κ1) is 14.0. The Morgan fingerprint density at radius 2 is 2.05 bits per heavy atom. The molecule has 19 heavy (non-hydrogen) atoms. The first-order valence-corrected chi connectivity index (χ1v) is 7.81. The van der Waals surface area contributed by atoms with Crippen molar-refractivity contribution < 1.29 is 8.42 Å². The molecular formula is C13H19N3O2S. The highest BCUT2D eigenvalue weighted by atomic mass is 32.2. The molecule has 0 atom stereocenters.